The van der Waals surface area contributed by atoms with Crippen LogP contribution in [0.1, 0.15) is 16.8 Å². The molecule has 2 aliphatic rings. The Hall–Kier alpha value is -3.83. The van der Waals surface area contributed by atoms with Gasteiger partial charge in [0.1, 0.15) is 17.3 Å². The number of anilines is 1. The smallest absolute Gasteiger partial charge is 0.246 e. The number of hydrogen-bond acceptors (Lipinski definition) is 5. The largest absolute Gasteiger partial charge is 0.422 e. The molecule has 0 unspecified atom stereocenters. The number of carbonyl (C=O) groups is 1. The Balaban J connectivity index is 1.97. The van der Waals surface area contributed by atoms with Gasteiger partial charge >= 0.3 is 0 Å². The fourth-order valence-corrected chi connectivity index (χ4v) is 4.44. The number of H-pyrrole nitrogens is 1. The standard InChI is InChI=1S/C21H15N5O2S/c1-11-7-8-15-13(9-11)21(19(27)24-15)14(10-22)17(23)28-18-16(21)26(20(29)25-18)12-5-3-2-4-6-12/h2-9H,23H2,1H3,(H,24,27)(H,25,29)/t21-/m1/s1. The predicted molar refractivity (Wildman–Crippen MR) is 109 cm³/mol. The number of imidazole rings is 1. The van der Waals surface area contributed by atoms with Gasteiger partial charge < -0.3 is 20.8 Å². The Morgan fingerprint density at radius 3 is 2.72 bits per heavy atom. The molecule has 1 aromatic heterocycles. The molecule has 0 radical (unpaired) electrons. The average Bonchev–Trinajstić information content (AvgIpc) is 3.17. The normalized spacial score (nSPS) is 19.4. The maximum absolute atomic E-state index is 13.5. The molecule has 1 atom stereocenters. The molecule has 0 saturated carbocycles. The van der Waals surface area contributed by atoms with Crippen molar-refractivity contribution in [3.05, 3.63) is 81.6 Å². The number of fused-ring (bicyclic) bond motifs is 4. The summed E-state index contributed by atoms with van der Waals surface area (Å²) in [6.45, 7) is 1.93. The van der Waals surface area contributed by atoms with E-state index in [0.29, 0.717) is 21.7 Å². The van der Waals surface area contributed by atoms with Crippen LogP contribution in [-0.4, -0.2) is 15.5 Å². The highest BCUT2D eigenvalue weighted by molar-refractivity contribution is 7.71. The molecule has 5 rings (SSSR count). The lowest BCUT2D eigenvalue weighted by Crippen LogP contribution is -2.43. The van der Waals surface area contributed by atoms with Crippen LogP contribution < -0.4 is 15.8 Å². The predicted octanol–water partition coefficient (Wildman–Crippen LogP) is 3.17. The molecule has 3 aromatic rings. The van der Waals surface area contributed by atoms with Crippen LogP contribution >= 0.6 is 12.2 Å². The third kappa shape index (κ3) is 2.10. The molecule has 8 heteroatoms. The number of carbonyl (C=O) groups excluding carboxylic acids is 1. The lowest BCUT2D eigenvalue weighted by atomic mass is 9.71. The van der Waals surface area contributed by atoms with Crippen LogP contribution in [-0.2, 0) is 10.2 Å². The molecule has 29 heavy (non-hydrogen) atoms. The number of benzene rings is 2. The number of nitrogens with one attached hydrogen (secondary N) is 2. The van der Waals surface area contributed by atoms with E-state index in [9.17, 15) is 10.1 Å². The van der Waals surface area contributed by atoms with Gasteiger partial charge in [0.05, 0.1) is 0 Å². The van der Waals surface area contributed by atoms with E-state index in [0.717, 1.165) is 11.3 Å². The number of nitrogens with two attached hydrogens (primary N) is 1. The first-order valence-electron chi connectivity index (χ1n) is 8.90. The van der Waals surface area contributed by atoms with Crippen LogP contribution in [0.4, 0.5) is 5.69 Å². The van der Waals surface area contributed by atoms with Crippen LogP contribution in [0.3, 0.4) is 0 Å². The lowest BCUT2D eigenvalue weighted by molar-refractivity contribution is -0.118. The van der Waals surface area contributed by atoms with E-state index in [1.54, 1.807) is 4.57 Å². The van der Waals surface area contributed by atoms with Gasteiger partial charge in [-0.3, -0.25) is 9.36 Å². The van der Waals surface area contributed by atoms with Gasteiger partial charge in [0, 0.05) is 16.9 Å². The molecule has 0 fully saturated rings. The molecule has 7 nitrogen and oxygen atoms in total. The van der Waals surface area contributed by atoms with Crippen molar-refractivity contribution in [2.24, 2.45) is 5.73 Å². The van der Waals surface area contributed by atoms with Gasteiger partial charge in [0.25, 0.3) is 0 Å². The molecule has 1 spiro atoms. The number of aromatic amines is 1. The summed E-state index contributed by atoms with van der Waals surface area (Å²) >= 11 is 5.55. The van der Waals surface area contributed by atoms with Crippen LogP contribution in [0.5, 0.6) is 5.88 Å². The number of nitrogens with zero attached hydrogens (tertiary/aromatic N) is 2. The van der Waals surface area contributed by atoms with Crippen molar-refractivity contribution in [1.29, 1.82) is 5.26 Å². The van der Waals surface area contributed by atoms with E-state index in [-0.39, 0.29) is 23.2 Å². The molecule has 3 heterocycles. The molecule has 4 N–H and O–H groups in total. The topological polar surface area (TPSA) is 109 Å². The summed E-state index contributed by atoms with van der Waals surface area (Å²) < 4.78 is 7.77. The Kier molecular flexibility index (Phi) is 3.48. The number of aryl methyl sites for hydroxylation is 1. The number of aromatic nitrogens is 2. The third-order valence-corrected chi connectivity index (χ3v) is 5.63. The van der Waals surface area contributed by atoms with Crippen molar-refractivity contribution in [3.8, 4) is 17.6 Å². The number of nitriles is 1. The van der Waals surface area contributed by atoms with Gasteiger partial charge in [-0.15, -0.1) is 0 Å². The second kappa shape index (κ2) is 5.83. The minimum Gasteiger partial charge on any atom is -0.422 e. The summed E-state index contributed by atoms with van der Waals surface area (Å²) in [5.74, 6) is -0.248. The van der Waals surface area contributed by atoms with Gasteiger partial charge in [-0.05, 0) is 37.3 Å². The molecule has 142 valence electrons. The molecule has 2 aromatic carbocycles. The first-order valence-corrected chi connectivity index (χ1v) is 9.31. The van der Waals surface area contributed by atoms with E-state index in [4.69, 9.17) is 22.7 Å². The van der Waals surface area contributed by atoms with Crippen LogP contribution in [0, 0.1) is 23.0 Å². The monoisotopic (exact) mass is 401 g/mol. The van der Waals surface area contributed by atoms with Crippen molar-refractivity contribution >= 4 is 23.8 Å². The highest BCUT2D eigenvalue weighted by Crippen LogP contribution is 2.53. The van der Waals surface area contributed by atoms with Crippen molar-refractivity contribution in [2.75, 3.05) is 5.32 Å². The summed E-state index contributed by atoms with van der Waals surface area (Å²) in [6.07, 6.45) is 0. The lowest BCUT2D eigenvalue weighted by Gasteiger charge is -2.32. The maximum atomic E-state index is 13.5. The second-order valence-corrected chi connectivity index (χ2v) is 7.37. The van der Waals surface area contributed by atoms with Gasteiger partial charge in [-0.25, -0.2) is 0 Å². The summed E-state index contributed by atoms with van der Waals surface area (Å²) in [5, 5.41) is 12.9. The first-order chi connectivity index (χ1) is 14.0. The van der Waals surface area contributed by atoms with Crippen LogP contribution in [0.25, 0.3) is 5.69 Å². The van der Waals surface area contributed by atoms with Crippen LogP contribution in [0.15, 0.2) is 60.0 Å². The molecular weight excluding hydrogens is 386 g/mol. The Labute approximate surface area is 171 Å². The Bertz CT molecular complexity index is 1330. The number of para-hydroxylation sites is 1. The first kappa shape index (κ1) is 17.3. The van der Waals surface area contributed by atoms with Crippen LogP contribution in [0.2, 0.25) is 0 Å². The van der Waals surface area contributed by atoms with Crippen molar-refractivity contribution in [3.63, 3.8) is 0 Å². The van der Waals surface area contributed by atoms with Gasteiger partial charge in [0.2, 0.25) is 17.7 Å². The van der Waals surface area contributed by atoms with E-state index in [1.165, 1.54) is 0 Å². The van der Waals surface area contributed by atoms with E-state index in [1.807, 2.05) is 55.5 Å². The maximum Gasteiger partial charge on any atom is 0.246 e. The summed E-state index contributed by atoms with van der Waals surface area (Å²) in [6, 6.07) is 17.1. The fourth-order valence-electron chi connectivity index (χ4n) is 4.15. The Morgan fingerprint density at radius 1 is 1.24 bits per heavy atom. The van der Waals surface area contributed by atoms with Crippen molar-refractivity contribution in [2.45, 2.75) is 12.3 Å². The average molecular weight is 401 g/mol. The number of ether oxygens (including phenoxy) is 1. The van der Waals surface area contributed by atoms with E-state index < -0.39 is 5.41 Å². The number of rotatable bonds is 1. The quantitative estimate of drug-likeness (QED) is 0.543. The Morgan fingerprint density at radius 2 is 2.00 bits per heavy atom. The highest BCUT2D eigenvalue weighted by atomic mass is 32.1. The van der Waals surface area contributed by atoms with Gasteiger partial charge in [-0.1, -0.05) is 35.9 Å². The summed E-state index contributed by atoms with van der Waals surface area (Å²) in [5.41, 5.74) is 8.05. The van der Waals surface area contributed by atoms with E-state index >= 15 is 0 Å². The third-order valence-electron chi connectivity index (χ3n) is 5.34. The summed E-state index contributed by atoms with van der Waals surface area (Å²) in [4.78, 5) is 16.5. The summed E-state index contributed by atoms with van der Waals surface area (Å²) in [7, 11) is 0. The number of hydrogen-bond donors (Lipinski definition) is 3. The fraction of sp³-hybridized carbons (Fsp3) is 0.0952. The van der Waals surface area contributed by atoms with Gasteiger partial charge in [0.15, 0.2) is 10.2 Å². The molecule has 0 aliphatic carbocycles. The minimum atomic E-state index is -1.48. The van der Waals surface area contributed by atoms with Gasteiger partial charge in [-0.2, -0.15) is 5.26 Å². The molecule has 0 bridgehead atoms. The molecular formula is C21H15N5O2S. The molecule has 1 amide bonds. The molecule has 2 aliphatic heterocycles. The zero-order valence-corrected chi connectivity index (χ0v) is 16.1. The second-order valence-electron chi connectivity index (χ2n) is 6.99. The zero-order chi connectivity index (χ0) is 20.3. The van der Waals surface area contributed by atoms with E-state index in [2.05, 4.69) is 16.4 Å². The SMILES string of the molecule is Cc1ccc2c(c1)[C@@]1(C(=O)N2)C(C#N)=C(N)Oc2[nH]c(=S)n(-c3ccccc3)c21. The number of amides is 1. The molecule has 0 saturated heterocycles. The van der Waals surface area contributed by atoms with Crippen molar-refractivity contribution < 1.29 is 9.53 Å². The zero-order valence-electron chi connectivity index (χ0n) is 15.3. The highest BCUT2D eigenvalue weighted by Gasteiger charge is 2.59. The minimum absolute atomic E-state index is 0.0329. The van der Waals surface area contributed by atoms with Crippen molar-refractivity contribution in [1.82, 2.24) is 9.55 Å².